The van der Waals surface area contributed by atoms with Crippen molar-refractivity contribution in [1.82, 2.24) is 0 Å². The molecular formula is C18H21NO8S3. The Labute approximate surface area is 175 Å². The Morgan fingerprint density at radius 1 is 0.967 bits per heavy atom. The van der Waals surface area contributed by atoms with Crippen molar-refractivity contribution in [2.45, 2.75) is 21.5 Å². The van der Waals surface area contributed by atoms with Crippen molar-refractivity contribution < 1.29 is 34.7 Å². The summed E-state index contributed by atoms with van der Waals surface area (Å²) in [6.07, 6.45) is -0.0110. The Morgan fingerprint density at radius 3 is 2.27 bits per heavy atom. The number of nitrogens with one attached hydrogen (secondary N) is 1. The van der Waals surface area contributed by atoms with Crippen LogP contribution in [0.2, 0.25) is 0 Å². The molecule has 2 aromatic rings. The minimum Gasteiger partial charge on any atom is -0.497 e. The number of hydrogen-bond acceptors (Lipinski definition) is 8. The molecule has 0 spiro atoms. The quantitative estimate of drug-likeness (QED) is 0.636. The molecule has 1 atom stereocenters. The molecule has 1 fully saturated rings. The van der Waals surface area contributed by atoms with Crippen molar-refractivity contribution in [2.75, 3.05) is 30.4 Å². The van der Waals surface area contributed by atoms with Crippen LogP contribution in [0.5, 0.6) is 11.5 Å². The molecule has 1 aliphatic rings. The van der Waals surface area contributed by atoms with E-state index >= 15 is 0 Å². The first-order chi connectivity index (χ1) is 14.0. The molecule has 0 bridgehead atoms. The lowest BCUT2D eigenvalue weighted by molar-refractivity contribution is 0.395. The van der Waals surface area contributed by atoms with Crippen LogP contribution in [0.25, 0.3) is 0 Å². The van der Waals surface area contributed by atoms with Crippen LogP contribution in [0.4, 0.5) is 5.69 Å². The van der Waals surface area contributed by atoms with Crippen LogP contribution in [0.1, 0.15) is 6.42 Å². The fraction of sp³-hybridized carbons (Fsp3) is 0.333. The van der Waals surface area contributed by atoms with Gasteiger partial charge in [-0.3, -0.25) is 4.72 Å². The molecule has 1 aliphatic heterocycles. The summed E-state index contributed by atoms with van der Waals surface area (Å²) >= 11 is 0. The van der Waals surface area contributed by atoms with Crippen LogP contribution in [-0.2, 0) is 29.7 Å². The van der Waals surface area contributed by atoms with Crippen LogP contribution >= 0.6 is 0 Å². The van der Waals surface area contributed by atoms with E-state index in [4.69, 9.17) is 9.47 Å². The molecule has 1 heterocycles. The molecule has 0 aliphatic carbocycles. The lowest BCUT2D eigenvalue weighted by atomic mass is 10.3. The van der Waals surface area contributed by atoms with E-state index in [0.29, 0.717) is 5.75 Å². The zero-order valence-corrected chi connectivity index (χ0v) is 18.7. The molecule has 1 unspecified atom stereocenters. The number of ether oxygens (including phenoxy) is 2. The molecular weight excluding hydrogens is 454 g/mol. The number of hydrogen-bond donors (Lipinski definition) is 1. The van der Waals surface area contributed by atoms with E-state index in [1.165, 1.54) is 44.6 Å². The lowest BCUT2D eigenvalue weighted by Gasteiger charge is -2.14. The third kappa shape index (κ3) is 4.55. The highest BCUT2D eigenvalue weighted by atomic mass is 32.2. The van der Waals surface area contributed by atoms with E-state index in [1.807, 2.05) is 0 Å². The predicted octanol–water partition coefficient (Wildman–Crippen LogP) is 1.47. The van der Waals surface area contributed by atoms with Gasteiger partial charge in [-0.2, -0.15) is 0 Å². The molecule has 1 saturated heterocycles. The highest BCUT2D eigenvalue weighted by Gasteiger charge is 2.38. The third-order valence-corrected chi connectivity index (χ3v) is 10.3. The molecule has 2 aromatic carbocycles. The number of benzene rings is 2. The zero-order chi connectivity index (χ0) is 22.2. The number of sulfonamides is 1. The Balaban J connectivity index is 1.93. The van der Waals surface area contributed by atoms with Gasteiger partial charge in [-0.05, 0) is 36.8 Å². The molecule has 1 N–H and O–H groups in total. The standard InChI is InChI=1S/C18H21NO8S3/c1-26-13-6-7-17(18(10-13)27-2)19-30(24,25)15-5-3-4-14(11-15)29(22,23)16-8-9-28(20,21)12-16/h3-7,10-11,16,19H,8-9,12H2,1-2H3. The highest BCUT2D eigenvalue weighted by molar-refractivity contribution is 7.96. The lowest BCUT2D eigenvalue weighted by Crippen LogP contribution is -2.23. The van der Waals surface area contributed by atoms with Crippen LogP contribution in [0, 0.1) is 0 Å². The normalized spacial score (nSPS) is 18.7. The summed E-state index contributed by atoms with van der Waals surface area (Å²) < 4.78 is 87.3. The fourth-order valence-electron chi connectivity index (χ4n) is 3.10. The minimum absolute atomic E-state index is 0.0110. The SMILES string of the molecule is COc1ccc(NS(=O)(=O)c2cccc(S(=O)(=O)C3CCS(=O)(=O)C3)c2)c(OC)c1. The smallest absolute Gasteiger partial charge is 0.262 e. The highest BCUT2D eigenvalue weighted by Crippen LogP contribution is 2.32. The summed E-state index contributed by atoms with van der Waals surface area (Å²) in [5.74, 6) is 0.0219. The van der Waals surface area contributed by atoms with Gasteiger partial charge in [0.25, 0.3) is 10.0 Å². The summed E-state index contributed by atoms with van der Waals surface area (Å²) in [7, 11) is -8.73. The molecule has 0 saturated carbocycles. The molecule has 12 heteroatoms. The Hall–Kier alpha value is -2.31. The van der Waals surface area contributed by atoms with Crippen molar-refractivity contribution in [1.29, 1.82) is 0 Å². The van der Waals surface area contributed by atoms with Crippen molar-refractivity contribution in [3.63, 3.8) is 0 Å². The fourth-order valence-corrected chi connectivity index (χ4v) is 8.70. The second-order valence-corrected chi connectivity index (χ2v) is 12.9. The Bertz CT molecular complexity index is 1270. The molecule has 9 nitrogen and oxygen atoms in total. The van der Waals surface area contributed by atoms with E-state index in [0.717, 1.165) is 6.07 Å². The van der Waals surface area contributed by atoms with Crippen molar-refractivity contribution in [2.24, 2.45) is 0 Å². The van der Waals surface area contributed by atoms with Gasteiger partial charge in [-0.25, -0.2) is 25.3 Å². The summed E-state index contributed by atoms with van der Waals surface area (Å²) in [4.78, 5) is -0.517. The van der Waals surface area contributed by atoms with Crippen LogP contribution in [-0.4, -0.2) is 56.2 Å². The summed E-state index contributed by atoms with van der Waals surface area (Å²) in [5, 5.41) is -1.09. The first kappa shape index (κ1) is 22.4. The van der Waals surface area contributed by atoms with Crippen LogP contribution in [0.15, 0.2) is 52.3 Å². The molecule has 3 rings (SSSR count). The van der Waals surface area contributed by atoms with E-state index < -0.39 is 40.7 Å². The van der Waals surface area contributed by atoms with Gasteiger partial charge in [0.2, 0.25) is 0 Å². The number of anilines is 1. The van der Waals surface area contributed by atoms with Gasteiger partial charge in [-0.1, -0.05) is 6.07 Å². The average Bonchev–Trinajstić information content (AvgIpc) is 3.08. The maximum atomic E-state index is 12.8. The van der Waals surface area contributed by atoms with Gasteiger partial charge in [0.05, 0.1) is 46.5 Å². The van der Waals surface area contributed by atoms with Gasteiger partial charge in [-0.15, -0.1) is 0 Å². The van der Waals surface area contributed by atoms with Crippen LogP contribution in [0.3, 0.4) is 0 Å². The van der Waals surface area contributed by atoms with Crippen molar-refractivity contribution in [3.05, 3.63) is 42.5 Å². The van der Waals surface area contributed by atoms with Gasteiger partial charge < -0.3 is 9.47 Å². The van der Waals surface area contributed by atoms with Gasteiger partial charge in [0.1, 0.15) is 11.5 Å². The van der Waals surface area contributed by atoms with E-state index in [-0.39, 0.29) is 33.4 Å². The Morgan fingerprint density at radius 2 is 1.67 bits per heavy atom. The number of methoxy groups -OCH3 is 2. The average molecular weight is 476 g/mol. The zero-order valence-electron chi connectivity index (χ0n) is 16.2. The van der Waals surface area contributed by atoms with Gasteiger partial charge in [0.15, 0.2) is 19.7 Å². The van der Waals surface area contributed by atoms with E-state index in [1.54, 1.807) is 6.07 Å². The second kappa shape index (κ2) is 8.08. The van der Waals surface area contributed by atoms with Crippen LogP contribution < -0.4 is 14.2 Å². The second-order valence-electron chi connectivity index (χ2n) is 6.72. The monoisotopic (exact) mass is 475 g/mol. The number of sulfone groups is 2. The van der Waals surface area contributed by atoms with Crippen molar-refractivity contribution in [3.8, 4) is 11.5 Å². The predicted molar refractivity (Wildman–Crippen MR) is 111 cm³/mol. The third-order valence-electron chi connectivity index (χ3n) is 4.73. The molecule has 0 amide bonds. The van der Waals surface area contributed by atoms with Gasteiger partial charge in [0, 0.05) is 6.07 Å². The minimum atomic E-state index is -4.15. The molecule has 164 valence electrons. The van der Waals surface area contributed by atoms with E-state index in [9.17, 15) is 25.3 Å². The maximum Gasteiger partial charge on any atom is 0.262 e. The molecule has 30 heavy (non-hydrogen) atoms. The topological polar surface area (TPSA) is 133 Å². The van der Waals surface area contributed by atoms with Crippen molar-refractivity contribution >= 4 is 35.4 Å². The largest absolute Gasteiger partial charge is 0.497 e. The Kier molecular flexibility index (Phi) is 6.03. The summed E-state index contributed by atoms with van der Waals surface area (Å²) in [5.41, 5.74) is 0.147. The molecule has 0 aromatic heterocycles. The summed E-state index contributed by atoms with van der Waals surface area (Å²) in [6, 6.07) is 9.34. The van der Waals surface area contributed by atoms with Gasteiger partial charge >= 0.3 is 0 Å². The van der Waals surface area contributed by atoms with E-state index in [2.05, 4.69) is 4.72 Å². The molecule has 0 radical (unpaired) electrons. The number of rotatable bonds is 7. The maximum absolute atomic E-state index is 12.8. The first-order valence-electron chi connectivity index (χ1n) is 8.78. The first-order valence-corrected chi connectivity index (χ1v) is 13.6. The summed E-state index contributed by atoms with van der Waals surface area (Å²) in [6.45, 7) is 0.